The highest BCUT2D eigenvalue weighted by molar-refractivity contribution is 7.89. The molecule has 9 rings (SSSR count). The van der Waals surface area contributed by atoms with E-state index in [-0.39, 0.29) is 37.8 Å². The summed E-state index contributed by atoms with van der Waals surface area (Å²) >= 11 is 13.7. The number of H-pyrrole nitrogens is 2. The van der Waals surface area contributed by atoms with Gasteiger partial charge in [0.25, 0.3) is 0 Å². The number of sulfonamides is 2. The zero-order chi connectivity index (χ0) is 50.2. The van der Waals surface area contributed by atoms with Crippen LogP contribution in [0.3, 0.4) is 0 Å². The quantitative estimate of drug-likeness (QED) is 0.101. The van der Waals surface area contributed by atoms with Crippen molar-refractivity contribution in [2.45, 2.75) is 63.4 Å². The molecule has 0 saturated carbocycles. The van der Waals surface area contributed by atoms with Crippen LogP contribution in [0, 0.1) is 18.3 Å². The summed E-state index contributed by atoms with van der Waals surface area (Å²) in [4.78, 5) is 34.8. The SMILES string of the molecule is C#CCNS(=O)(=O)c1ccc(OCC)c(-c2[nH]c3c(c2Cl)n(CCC)c(=O)n2cnnc32)c1.CCCn1c(=O)n2cnnc2c2[nH]c(-c3cc(S(=O)(=O)N4CC(CN(C)C)C4)ccc3OCC)c(Cl)c21. The van der Waals surface area contributed by atoms with Gasteiger partial charge in [0.1, 0.15) is 35.2 Å². The molecule has 6 aromatic heterocycles. The second-order valence-corrected chi connectivity index (χ2v) is 21.1. The largest absolute Gasteiger partial charge is 0.493 e. The molecule has 2 aromatic carbocycles. The Morgan fingerprint density at radius 2 is 1.24 bits per heavy atom. The number of nitrogens with one attached hydrogen (secondary N) is 3. The lowest BCUT2D eigenvalue weighted by molar-refractivity contribution is 0.160. The second-order valence-electron chi connectivity index (χ2n) is 16.7. The van der Waals surface area contributed by atoms with E-state index in [9.17, 15) is 26.4 Å². The van der Waals surface area contributed by atoms with E-state index >= 15 is 0 Å². The Labute approximate surface area is 412 Å². The minimum atomic E-state index is -3.86. The minimum Gasteiger partial charge on any atom is -0.493 e. The van der Waals surface area contributed by atoms with E-state index in [1.165, 1.54) is 37.9 Å². The van der Waals surface area contributed by atoms with E-state index in [0.717, 1.165) is 6.54 Å². The molecule has 1 aliphatic heterocycles. The maximum atomic E-state index is 13.4. The summed E-state index contributed by atoms with van der Waals surface area (Å²) in [6, 6.07) is 9.22. The van der Waals surface area contributed by atoms with Gasteiger partial charge in [-0.25, -0.2) is 35.2 Å². The standard InChI is InChI=1S/C24H30ClN7O4S.C21H21ClN6O4S/c1-5-9-31-22-19(25)20(27-21(22)23-28-26-14-32(23)24(31)33)17-10-16(7-8-18(17)36-6-2)37(34,35)30-12-15(13-30)11-29(3)4;1-4-9-24-33(30,31)13-7-8-15(32-6-3)14(11-13)17-16(22)19-18(25-17)20-26-23-12-28(20)21(29)27(19)10-5-2/h7-8,10,14-15,27H,5-6,9,11-13H2,1-4H3;1,7-8,11-12,24-25H,5-6,9-10H2,2-3H3. The summed E-state index contributed by atoms with van der Waals surface area (Å²) < 4.78 is 73.5. The van der Waals surface area contributed by atoms with Crippen molar-refractivity contribution < 1.29 is 26.3 Å². The molecule has 3 N–H and O–H groups in total. The lowest BCUT2D eigenvalue weighted by Crippen LogP contribution is -2.52. The molecule has 7 heterocycles. The summed E-state index contributed by atoms with van der Waals surface area (Å²) in [6.07, 6.45) is 9.30. The highest BCUT2D eigenvalue weighted by Crippen LogP contribution is 2.42. The molecule has 0 radical (unpaired) electrons. The van der Waals surface area contributed by atoms with Crippen molar-refractivity contribution in [3.63, 3.8) is 0 Å². The fraction of sp³-hybridized carbons (Fsp3) is 0.378. The fourth-order valence-corrected chi connectivity index (χ4v) is 11.8. The minimum absolute atomic E-state index is 0.00972. The number of rotatable bonds is 17. The first-order chi connectivity index (χ1) is 33.5. The molecular weight excluding hydrogens is 986 g/mol. The fourth-order valence-electron chi connectivity index (χ4n) is 8.56. The van der Waals surface area contributed by atoms with Crippen LogP contribution < -0.4 is 25.6 Å². The predicted octanol–water partition coefficient (Wildman–Crippen LogP) is 5.10. The normalized spacial score (nSPS) is 13.6. The number of terminal acetylenes is 1. The first-order valence-electron chi connectivity index (χ1n) is 22.4. The van der Waals surface area contributed by atoms with Gasteiger partial charge in [0, 0.05) is 43.9 Å². The third-order valence-electron chi connectivity index (χ3n) is 11.6. The Balaban J connectivity index is 0.000000190. The molecule has 1 fully saturated rings. The molecule has 25 heteroatoms. The first-order valence-corrected chi connectivity index (χ1v) is 26.1. The van der Waals surface area contributed by atoms with Crippen molar-refractivity contribution in [2.75, 3.05) is 53.5 Å². The van der Waals surface area contributed by atoms with Gasteiger partial charge in [-0.15, -0.1) is 26.8 Å². The van der Waals surface area contributed by atoms with Gasteiger partial charge in [0.15, 0.2) is 11.3 Å². The summed E-state index contributed by atoms with van der Waals surface area (Å²) in [5, 5.41) is 16.5. The summed E-state index contributed by atoms with van der Waals surface area (Å²) in [5.41, 5.74) is 3.77. The van der Waals surface area contributed by atoms with E-state index in [1.807, 2.05) is 41.8 Å². The van der Waals surface area contributed by atoms with Gasteiger partial charge in [-0.3, -0.25) is 9.13 Å². The first kappa shape index (κ1) is 50.1. The van der Waals surface area contributed by atoms with E-state index in [2.05, 4.69) is 45.9 Å². The molecule has 70 heavy (non-hydrogen) atoms. The van der Waals surface area contributed by atoms with Gasteiger partial charge in [-0.1, -0.05) is 43.0 Å². The van der Waals surface area contributed by atoms with Crippen LogP contribution in [0.1, 0.15) is 40.5 Å². The van der Waals surface area contributed by atoms with Gasteiger partial charge in [-0.05, 0) is 83.1 Å². The Bertz CT molecular complexity index is 3680. The van der Waals surface area contributed by atoms with Crippen LogP contribution in [0.25, 0.3) is 55.9 Å². The lowest BCUT2D eigenvalue weighted by atomic mass is 10.0. The molecule has 8 aromatic rings. The zero-order valence-electron chi connectivity index (χ0n) is 39.2. The van der Waals surface area contributed by atoms with Gasteiger partial charge in [0.2, 0.25) is 20.0 Å². The zero-order valence-corrected chi connectivity index (χ0v) is 42.3. The third-order valence-corrected chi connectivity index (χ3v) is 15.5. The monoisotopic (exact) mass is 1040 g/mol. The van der Waals surface area contributed by atoms with E-state index in [1.54, 1.807) is 33.4 Å². The molecule has 0 amide bonds. The Morgan fingerprint density at radius 3 is 1.69 bits per heavy atom. The highest BCUT2D eigenvalue weighted by Gasteiger charge is 2.37. The third kappa shape index (κ3) is 9.04. The van der Waals surface area contributed by atoms with Crippen LogP contribution in [0.15, 0.2) is 68.4 Å². The van der Waals surface area contributed by atoms with Gasteiger partial charge in [-0.2, -0.15) is 9.03 Å². The molecule has 0 bridgehead atoms. The Hall–Kier alpha value is -6.26. The Kier molecular flexibility index (Phi) is 14.5. The molecule has 0 aliphatic carbocycles. The average molecular weight is 1040 g/mol. The van der Waals surface area contributed by atoms with Crippen LogP contribution in [0.2, 0.25) is 10.0 Å². The molecule has 21 nitrogen and oxygen atoms in total. The van der Waals surface area contributed by atoms with Crippen molar-refractivity contribution in [1.82, 2.24) is 62.2 Å². The van der Waals surface area contributed by atoms with Gasteiger partial charge >= 0.3 is 11.4 Å². The maximum Gasteiger partial charge on any atom is 0.335 e. The van der Waals surface area contributed by atoms with Crippen molar-refractivity contribution in [2.24, 2.45) is 5.92 Å². The van der Waals surface area contributed by atoms with E-state index in [0.29, 0.717) is 126 Å². The van der Waals surface area contributed by atoms with Crippen LogP contribution in [0.4, 0.5) is 0 Å². The molecule has 1 aliphatic rings. The number of aromatic nitrogens is 10. The number of hydrogen-bond donors (Lipinski definition) is 3. The molecule has 370 valence electrons. The van der Waals surface area contributed by atoms with Crippen molar-refractivity contribution >= 4 is 76.6 Å². The molecule has 0 spiro atoms. The second kappa shape index (κ2) is 20.2. The number of hydrogen-bond acceptors (Lipinski definition) is 13. The van der Waals surface area contributed by atoms with Crippen LogP contribution in [-0.2, 0) is 33.1 Å². The van der Waals surface area contributed by atoms with Gasteiger partial charge < -0.3 is 24.3 Å². The van der Waals surface area contributed by atoms with Crippen molar-refractivity contribution in [3.8, 4) is 46.4 Å². The highest BCUT2D eigenvalue weighted by atomic mass is 35.5. The number of fused-ring (bicyclic) bond motifs is 6. The predicted molar refractivity (Wildman–Crippen MR) is 267 cm³/mol. The number of aryl methyl sites for hydroxylation is 2. The topological polar surface area (TPSA) is 241 Å². The molecule has 0 unspecified atom stereocenters. The average Bonchev–Trinajstić information content (AvgIpc) is 4.14. The summed E-state index contributed by atoms with van der Waals surface area (Å²) in [6.45, 7) is 10.8. The molecule has 0 atom stereocenters. The van der Waals surface area contributed by atoms with E-state index < -0.39 is 20.0 Å². The summed E-state index contributed by atoms with van der Waals surface area (Å²) in [7, 11) is -3.61. The van der Waals surface area contributed by atoms with Gasteiger partial charge in [0.05, 0.1) is 62.0 Å². The van der Waals surface area contributed by atoms with Crippen molar-refractivity contribution in [3.05, 3.63) is 80.1 Å². The van der Waals surface area contributed by atoms with Crippen molar-refractivity contribution in [1.29, 1.82) is 0 Å². The Morgan fingerprint density at radius 1 is 0.771 bits per heavy atom. The van der Waals surface area contributed by atoms with Crippen LogP contribution >= 0.6 is 23.2 Å². The molecular formula is C45H51Cl2N13O8S2. The lowest BCUT2D eigenvalue weighted by Gasteiger charge is -2.39. The smallest absolute Gasteiger partial charge is 0.335 e. The number of ether oxygens (including phenoxy) is 2. The van der Waals surface area contributed by atoms with Crippen LogP contribution in [0.5, 0.6) is 11.5 Å². The van der Waals surface area contributed by atoms with E-state index in [4.69, 9.17) is 39.1 Å². The summed E-state index contributed by atoms with van der Waals surface area (Å²) in [5.74, 6) is 3.45. The number of nitrogens with zero attached hydrogens (tertiary/aromatic N) is 10. The number of benzene rings is 2. The maximum absolute atomic E-state index is 13.4. The number of aromatic amines is 2. The number of halogens is 2. The molecule has 1 saturated heterocycles. The van der Waals surface area contributed by atoms with Crippen LogP contribution in [-0.4, -0.2) is 128 Å².